The van der Waals surface area contributed by atoms with Crippen molar-refractivity contribution in [3.8, 4) is 11.5 Å². The molecular formula is C21H26N2O8. The average molecular weight is 434 g/mol. The van der Waals surface area contributed by atoms with Gasteiger partial charge in [0, 0.05) is 0 Å². The lowest BCUT2D eigenvalue weighted by Gasteiger charge is -2.22. The number of carboxylic acids is 2. The monoisotopic (exact) mass is 434 g/mol. The van der Waals surface area contributed by atoms with Crippen LogP contribution in [-0.4, -0.2) is 44.1 Å². The molecule has 0 fully saturated rings. The van der Waals surface area contributed by atoms with Crippen molar-refractivity contribution in [2.75, 3.05) is 0 Å². The van der Waals surface area contributed by atoms with E-state index in [1.807, 2.05) is 0 Å². The first-order chi connectivity index (χ1) is 14.3. The van der Waals surface area contributed by atoms with Crippen molar-refractivity contribution in [3.05, 3.63) is 59.7 Å². The molecule has 0 aliphatic carbocycles. The molecule has 31 heavy (non-hydrogen) atoms. The fourth-order valence-corrected chi connectivity index (χ4v) is 2.20. The van der Waals surface area contributed by atoms with E-state index in [1.54, 1.807) is 20.8 Å². The molecule has 2 aromatic carbocycles. The molecule has 0 aliphatic rings. The van der Waals surface area contributed by atoms with Crippen molar-refractivity contribution < 1.29 is 39.5 Å². The first kappa shape index (κ1) is 25.2. The van der Waals surface area contributed by atoms with Crippen LogP contribution in [0, 0.1) is 0 Å². The number of nitrogens with one attached hydrogen (secondary N) is 1. The maximum Gasteiger partial charge on any atom is 0.408 e. The molecular weight excluding hydrogens is 408 g/mol. The molecule has 7 N–H and O–H groups in total. The number of aliphatic carboxylic acids is 2. The number of carbonyl (C=O) groups is 3. The van der Waals surface area contributed by atoms with Gasteiger partial charge in [-0.25, -0.2) is 9.59 Å². The Hall–Kier alpha value is -3.79. The standard InChI is InChI=1S/C13H17NO5.C8H9NO3/c1-13(2,3)19-12(18)14-10(11(16)17)8-4-6-9(15)7-5-8;9-7(8(11)12)5-1-3-6(10)4-2-5/h4-7,10,15H,1-3H3,(H,14,18)(H,16,17);1-4,7,10H,9H2,(H,11,12). The molecule has 0 aliphatic heterocycles. The molecule has 168 valence electrons. The van der Waals surface area contributed by atoms with Crippen LogP contribution in [0.5, 0.6) is 11.5 Å². The summed E-state index contributed by atoms with van der Waals surface area (Å²) in [6.07, 6.45) is -0.812. The van der Waals surface area contributed by atoms with Crippen LogP contribution in [0.4, 0.5) is 4.79 Å². The zero-order valence-electron chi connectivity index (χ0n) is 17.3. The van der Waals surface area contributed by atoms with Crippen LogP contribution in [0.3, 0.4) is 0 Å². The van der Waals surface area contributed by atoms with E-state index in [1.165, 1.54) is 48.5 Å². The third-order valence-corrected chi connectivity index (χ3v) is 3.65. The van der Waals surface area contributed by atoms with Gasteiger partial charge in [0.2, 0.25) is 0 Å². The molecule has 2 rings (SSSR count). The van der Waals surface area contributed by atoms with Crippen LogP contribution in [0.25, 0.3) is 0 Å². The summed E-state index contributed by atoms with van der Waals surface area (Å²) in [6.45, 7) is 5.05. The summed E-state index contributed by atoms with van der Waals surface area (Å²) in [7, 11) is 0. The summed E-state index contributed by atoms with van der Waals surface area (Å²) in [4.78, 5) is 33.1. The van der Waals surface area contributed by atoms with E-state index in [0.29, 0.717) is 11.1 Å². The predicted octanol–water partition coefficient (Wildman–Crippen LogP) is 2.52. The molecule has 0 aromatic heterocycles. The van der Waals surface area contributed by atoms with E-state index in [9.17, 15) is 14.4 Å². The van der Waals surface area contributed by atoms with E-state index in [-0.39, 0.29) is 11.5 Å². The third kappa shape index (κ3) is 9.05. The topological polar surface area (TPSA) is 179 Å². The Balaban J connectivity index is 0.000000343. The lowest BCUT2D eigenvalue weighted by Crippen LogP contribution is -2.38. The third-order valence-electron chi connectivity index (χ3n) is 3.65. The molecule has 0 bridgehead atoms. The maximum absolute atomic E-state index is 11.6. The predicted molar refractivity (Wildman–Crippen MR) is 111 cm³/mol. The quantitative estimate of drug-likeness (QED) is 0.412. The average Bonchev–Trinajstić information content (AvgIpc) is 2.66. The molecule has 2 atom stereocenters. The normalized spacial score (nSPS) is 12.5. The number of hydrogen-bond acceptors (Lipinski definition) is 7. The van der Waals surface area contributed by atoms with Crippen molar-refractivity contribution >= 4 is 18.0 Å². The molecule has 0 saturated heterocycles. The van der Waals surface area contributed by atoms with Gasteiger partial charge >= 0.3 is 18.0 Å². The minimum Gasteiger partial charge on any atom is -0.508 e. The van der Waals surface area contributed by atoms with Crippen molar-refractivity contribution in [1.82, 2.24) is 5.32 Å². The fraction of sp³-hybridized carbons (Fsp3) is 0.286. The second kappa shape index (κ2) is 10.8. The first-order valence-corrected chi connectivity index (χ1v) is 9.08. The number of carbonyl (C=O) groups excluding carboxylic acids is 1. The number of ether oxygens (including phenoxy) is 1. The summed E-state index contributed by atoms with van der Waals surface area (Å²) in [6, 6.07) is 9.06. The van der Waals surface area contributed by atoms with Crippen molar-refractivity contribution in [2.24, 2.45) is 5.73 Å². The molecule has 0 heterocycles. The van der Waals surface area contributed by atoms with Gasteiger partial charge in [0.05, 0.1) is 0 Å². The number of amides is 1. The van der Waals surface area contributed by atoms with Crippen LogP contribution in [-0.2, 0) is 14.3 Å². The number of carboxylic acid groups (broad SMARTS) is 2. The van der Waals surface area contributed by atoms with Crippen molar-refractivity contribution in [2.45, 2.75) is 38.5 Å². The number of hydrogen-bond donors (Lipinski definition) is 6. The molecule has 0 saturated carbocycles. The fourth-order valence-electron chi connectivity index (χ4n) is 2.20. The number of alkyl carbamates (subject to hydrolysis) is 1. The summed E-state index contributed by atoms with van der Waals surface area (Å²) in [5.41, 5.74) is 5.42. The van der Waals surface area contributed by atoms with Gasteiger partial charge in [-0.15, -0.1) is 0 Å². The number of phenolic OH excluding ortho intramolecular Hbond substituents is 2. The first-order valence-electron chi connectivity index (χ1n) is 9.08. The van der Waals surface area contributed by atoms with Crippen LogP contribution < -0.4 is 11.1 Å². The highest BCUT2D eigenvalue weighted by Crippen LogP contribution is 2.18. The second-order valence-electron chi connectivity index (χ2n) is 7.42. The van der Waals surface area contributed by atoms with E-state index >= 15 is 0 Å². The second-order valence-corrected chi connectivity index (χ2v) is 7.42. The molecule has 0 radical (unpaired) electrons. The molecule has 0 spiro atoms. The number of benzene rings is 2. The molecule has 1 amide bonds. The summed E-state index contributed by atoms with van der Waals surface area (Å²) in [5, 5.41) is 37.9. The lowest BCUT2D eigenvalue weighted by atomic mass is 10.1. The summed E-state index contributed by atoms with van der Waals surface area (Å²) in [5.74, 6) is -2.18. The largest absolute Gasteiger partial charge is 0.508 e. The van der Waals surface area contributed by atoms with Gasteiger partial charge < -0.3 is 36.2 Å². The Bertz CT molecular complexity index is 889. The number of phenols is 2. The Morgan fingerprint density at radius 1 is 0.839 bits per heavy atom. The maximum atomic E-state index is 11.6. The Kier molecular flexibility index (Phi) is 8.82. The van der Waals surface area contributed by atoms with E-state index < -0.39 is 35.7 Å². The number of rotatable bonds is 5. The van der Waals surface area contributed by atoms with Gasteiger partial charge in [0.15, 0.2) is 6.04 Å². The molecule has 2 unspecified atom stereocenters. The van der Waals surface area contributed by atoms with E-state index in [0.717, 1.165) is 0 Å². The smallest absolute Gasteiger partial charge is 0.408 e. The van der Waals surface area contributed by atoms with Crippen molar-refractivity contribution in [3.63, 3.8) is 0 Å². The van der Waals surface area contributed by atoms with Crippen LogP contribution in [0.1, 0.15) is 44.0 Å². The highest BCUT2D eigenvalue weighted by atomic mass is 16.6. The van der Waals surface area contributed by atoms with Gasteiger partial charge in [-0.1, -0.05) is 24.3 Å². The SMILES string of the molecule is CC(C)(C)OC(=O)NC(C(=O)O)c1ccc(O)cc1.NC(C(=O)O)c1ccc(O)cc1. The van der Waals surface area contributed by atoms with Crippen LogP contribution >= 0.6 is 0 Å². The lowest BCUT2D eigenvalue weighted by molar-refractivity contribution is -0.140. The minimum absolute atomic E-state index is 0.0187. The molecule has 2 aromatic rings. The Labute approximate surface area is 178 Å². The summed E-state index contributed by atoms with van der Waals surface area (Å²) >= 11 is 0. The molecule has 10 nitrogen and oxygen atoms in total. The van der Waals surface area contributed by atoms with E-state index in [2.05, 4.69) is 5.32 Å². The number of aromatic hydroxyl groups is 2. The van der Waals surface area contributed by atoms with E-state index in [4.69, 9.17) is 30.9 Å². The van der Waals surface area contributed by atoms with Gasteiger partial charge in [-0.3, -0.25) is 4.79 Å². The van der Waals surface area contributed by atoms with Crippen LogP contribution in [0.2, 0.25) is 0 Å². The van der Waals surface area contributed by atoms with Gasteiger partial charge in [0.25, 0.3) is 0 Å². The Morgan fingerprint density at radius 3 is 1.61 bits per heavy atom. The van der Waals surface area contributed by atoms with Gasteiger partial charge in [-0.2, -0.15) is 0 Å². The zero-order valence-corrected chi connectivity index (χ0v) is 17.3. The summed E-state index contributed by atoms with van der Waals surface area (Å²) < 4.78 is 5.00. The van der Waals surface area contributed by atoms with Gasteiger partial charge in [-0.05, 0) is 56.2 Å². The highest BCUT2D eigenvalue weighted by Gasteiger charge is 2.25. The van der Waals surface area contributed by atoms with Crippen molar-refractivity contribution in [1.29, 1.82) is 0 Å². The zero-order chi connectivity index (χ0) is 23.8. The minimum atomic E-state index is -1.23. The number of nitrogens with two attached hydrogens (primary N) is 1. The Morgan fingerprint density at radius 2 is 1.26 bits per heavy atom. The van der Waals surface area contributed by atoms with Gasteiger partial charge in [0.1, 0.15) is 23.1 Å². The highest BCUT2D eigenvalue weighted by molar-refractivity contribution is 5.81. The van der Waals surface area contributed by atoms with Crippen LogP contribution in [0.15, 0.2) is 48.5 Å². The molecule has 10 heteroatoms.